The highest BCUT2D eigenvalue weighted by Gasteiger charge is 1.95. The molecule has 0 aliphatic carbocycles. The lowest BCUT2D eigenvalue weighted by Gasteiger charge is -2.02. The van der Waals surface area contributed by atoms with Crippen molar-refractivity contribution in [2.24, 2.45) is 0 Å². The first kappa shape index (κ1) is 9.97. The predicted octanol–water partition coefficient (Wildman–Crippen LogP) is 0.684. The summed E-state index contributed by atoms with van der Waals surface area (Å²) in [5, 5.41) is 0. The van der Waals surface area contributed by atoms with Crippen LogP contribution in [-0.4, -0.2) is 27.0 Å². The van der Waals surface area contributed by atoms with E-state index in [9.17, 15) is 4.79 Å². The van der Waals surface area contributed by atoms with E-state index in [4.69, 9.17) is 4.74 Å². The van der Waals surface area contributed by atoms with Gasteiger partial charge in [-0.3, -0.25) is 0 Å². The van der Waals surface area contributed by atoms with Gasteiger partial charge in [-0.2, -0.15) is 0 Å². The largest absolute Gasteiger partial charge is 0.472 e. The van der Waals surface area contributed by atoms with Crippen LogP contribution in [-0.2, 0) is 19.0 Å². The molecule has 0 bridgehead atoms. The summed E-state index contributed by atoms with van der Waals surface area (Å²) in [6.45, 7) is 1.79. The smallest absolute Gasteiger partial charge is 0.333 e. The predicted molar refractivity (Wildman–Crippen MR) is 38.7 cm³/mol. The average molecular weight is 160 g/mol. The summed E-state index contributed by atoms with van der Waals surface area (Å²) in [6.07, 6.45) is 1.25. The van der Waals surface area contributed by atoms with Gasteiger partial charge in [-0.05, 0) is 6.92 Å². The number of carbonyl (C=O) groups is 1. The summed E-state index contributed by atoms with van der Waals surface area (Å²) in [7, 11) is 2.81. The van der Waals surface area contributed by atoms with Gasteiger partial charge in [-0.1, -0.05) is 0 Å². The maximum Gasteiger partial charge on any atom is 0.333 e. The molecule has 0 unspecified atom stereocenters. The molecule has 0 aromatic rings. The lowest BCUT2D eigenvalue weighted by atomic mass is 10.5. The van der Waals surface area contributed by atoms with Crippen LogP contribution in [0.15, 0.2) is 11.8 Å². The zero-order valence-electron chi connectivity index (χ0n) is 6.92. The Bertz CT molecular complexity index is 151. The summed E-state index contributed by atoms with van der Waals surface area (Å²) in [5.41, 5.74) is 0. The lowest BCUT2D eigenvalue weighted by Crippen LogP contribution is -1.99. The van der Waals surface area contributed by atoms with Crippen LogP contribution in [0.5, 0.6) is 0 Å². The van der Waals surface area contributed by atoms with Gasteiger partial charge in [0.05, 0.1) is 13.2 Å². The number of hydrogen-bond donors (Lipinski definition) is 0. The Morgan fingerprint density at radius 3 is 2.55 bits per heavy atom. The maximum absolute atomic E-state index is 10.6. The number of allylic oxidation sites excluding steroid dienone is 1. The van der Waals surface area contributed by atoms with Gasteiger partial charge in [0, 0.05) is 7.11 Å². The van der Waals surface area contributed by atoms with Crippen LogP contribution < -0.4 is 0 Å². The van der Waals surface area contributed by atoms with Crippen LogP contribution in [0, 0.1) is 0 Å². The molecule has 0 fully saturated rings. The van der Waals surface area contributed by atoms with E-state index >= 15 is 0 Å². The quantitative estimate of drug-likeness (QED) is 0.262. The van der Waals surface area contributed by atoms with Gasteiger partial charge in [-0.25, -0.2) is 4.79 Å². The molecule has 4 nitrogen and oxygen atoms in total. The minimum absolute atomic E-state index is 0.138. The summed E-state index contributed by atoms with van der Waals surface area (Å²) < 4.78 is 13.9. The maximum atomic E-state index is 10.6. The number of hydrogen-bond acceptors (Lipinski definition) is 4. The van der Waals surface area contributed by atoms with E-state index in [0.717, 1.165) is 0 Å². The van der Waals surface area contributed by atoms with Crippen molar-refractivity contribution in [1.29, 1.82) is 0 Å². The van der Waals surface area contributed by atoms with E-state index < -0.39 is 5.97 Å². The third-order valence-corrected chi connectivity index (χ3v) is 0.927. The molecule has 0 aromatic carbocycles. The molecule has 11 heavy (non-hydrogen) atoms. The Kier molecular flexibility index (Phi) is 5.20. The fourth-order valence-corrected chi connectivity index (χ4v) is 0.418. The van der Waals surface area contributed by atoms with Gasteiger partial charge >= 0.3 is 5.97 Å². The first-order chi connectivity index (χ1) is 5.20. The van der Waals surface area contributed by atoms with Gasteiger partial charge in [0.1, 0.15) is 5.76 Å². The second-order valence-corrected chi connectivity index (χ2v) is 1.83. The normalized spacial score (nSPS) is 11.0. The van der Waals surface area contributed by atoms with Crippen molar-refractivity contribution in [3.8, 4) is 0 Å². The monoisotopic (exact) mass is 160 g/mol. The van der Waals surface area contributed by atoms with E-state index in [1.807, 2.05) is 0 Å². The first-order valence-corrected chi connectivity index (χ1v) is 3.08. The highest BCUT2D eigenvalue weighted by Crippen LogP contribution is 1.95. The minimum Gasteiger partial charge on any atom is -0.472 e. The molecule has 0 rings (SSSR count). The second kappa shape index (κ2) is 5.73. The van der Waals surface area contributed by atoms with Crippen molar-refractivity contribution in [2.45, 2.75) is 6.92 Å². The molecule has 0 radical (unpaired) electrons. The molecular formula is C7H12O4. The highest BCUT2D eigenvalue weighted by molar-refractivity contribution is 5.82. The average Bonchev–Trinajstić information content (AvgIpc) is 2.00. The lowest BCUT2D eigenvalue weighted by molar-refractivity contribution is -0.135. The van der Waals surface area contributed by atoms with Gasteiger partial charge in [0.25, 0.3) is 0 Å². The Morgan fingerprint density at radius 1 is 1.45 bits per heavy atom. The van der Waals surface area contributed by atoms with Crippen molar-refractivity contribution in [1.82, 2.24) is 0 Å². The first-order valence-electron chi connectivity index (χ1n) is 3.08. The summed E-state index contributed by atoms with van der Waals surface area (Å²) >= 11 is 0. The number of methoxy groups -OCH3 is 2. The van der Waals surface area contributed by atoms with E-state index in [1.54, 1.807) is 6.92 Å². The Labute approximate surface area is 65.7 Å². The molecule has 0 N–H and O–H groups in total. The molecule has 0 spiro atoms. The highest BCUT2D eigenvalue weighted by atomic mass is 16.7. The van der Waals surface area contributed by atoms with Gasteiger partial charge in [0.15, 0.2) is 6.79 Å². The van der Waals surface area contributed by atoms with Gasteiger partial charge in [-0.15, -0.1) is 0 Å². The van der Waals surface area contributed by atoms with E-state index in [-0.39, 0.29) is 6.79 Å². The van der Waals surface area contributed by atoms with E-state index in [1.165, 1.54) is 20.3 Å². The Balaban J connectivity index is 3.70. The van der Waals surface area contributed by atoms with Gasteiger partial charge < -0.3 is 14.2 Å². The van der Waals surface area contributed by atoms with E-state index in [0.29, 0.717) is 5.76 Å². The topological polar surface area (TPSA) is 44.8 Å². The summed E-state index contributed by atoms with van der Waals surface area (Å²) in [4.78, 5) is 10.6. The van der Waals surface area contributed by atoms with Crippen molar-refractivity contribution in [3.05, 3.63) is 11.8 Å². The molecule has 64 valence electrons. The third kappa shape index (κ3) is 5.42. The zero-order chi connectivity index (χ0) is 8.69. The molecular weight excluding hydrogens is 148 g/mol. The van der Waals surface area contributed by atoms with Crippen LogP contribution in [0.4, 0.5) is 0 Å². The van der Waals surface area contributed by atoms with Crippen molar-refractivity contribution >= 4 is 5.97 Å². The second-order valence-electron chi connectivity index (χ2n) is 1.83. The number of carbonyl (C=O) groups excluding carboxylic acids is 1. The summed E-state index contributed by atoms with van der Waals surface area (Å²) in [6, 6.07) is 0. The number of esters is 1. The van der Waals surface area contributed by atoms with Crippen molar-refractivity contribution < 1.29 is 19.0 Å². The van der Waals surface area contributed by atoms with E-state index in [2.05, 4.69) is 9.47 Å². The van der Waals surface area contributed by atoms with Crippen LogP contribution in [0.1, 0.15) is 6.92 Å². The molecule has 0 saturated carbocycles. The minimum atomic E-state index is -0.432. The fraction of sp³-hybridized carbons (Fsp3) is 0.571. The molecule has 0 aliphatic heterocycles. The third-order valence-electron chi connectivity index (χ3n) is 0.927. The fourth-order valence-electron chi connectivity index (χ4n) is 0.418. The molecule has 0 aromatic heterocycles. The van der Waals surface area contributed by atoms with Crippen LogP contribution in [0.2, 0.25) is 0 Å². The zero-order valence-corrected chi connectivity index (χ0v) is 6.92. The summed E-state index contributed by atoms with van der Waals surface area (Å²) in [5.74, 6) is 0.0392. The molecule has 0 heterocycles. The molecule has 0 saturated heterocycles. The molecule has 0 atom stereocenters. The standard InChI is InChI=1S/C7H12O4/c1-6(11-5-9-2)4-7(8)10-3/h4H,5H2,1-3H3/b6-4+. The van der Waals surface area contributed by atoms with Crippen LogP contribution in [0.3, 0.4) is 0 Å². The number of ether oxygens (including phenoxy) is 3. The SMILES string of the molecule is COCO/C(C)=C/C(=O)OC. The number of rotatable bonds is 4. The van der Waals surface area contributed by atoms with Crippen LogP contribution in [0.25, 0.3) is 0 Å². The van der Waals surface area contributed by atoms with Crippen LogP contribution >= 0.6 is 0 Å². The molecule has 0 amide bonds. The Morgan fingerprint density at radius 2 is 2.09 bits per heavy atom. The Hall–Kier alpha value is -1.03. The van der Waals surface area contributed by atoms with Crippen molar-refractivity contribution in [2.75, 3.05) is 21.0 Å². The molecule has 4 heteroatoms. The molecule has 0 aliphatic rings. The van der Waals surface area contributed by atoms with Crippen molar-refractivity contribution in [3.63, 3.8) is 0 Å². The van der Waals surface area contributed by atoms with Gasteiger partial charge in [0.2, 0.25) is 0 Å².